The van der Waals surface area contributed by atoms with E-state index in [0.717, 1.165) is 19.3 Å². The molecule has 0 aliphatic carbocycles. The van der Waals surface area contributed by atoms with Crippen molar-refractivity contribution in [1.82, 2.24) is 0 Å². The van der Waals surface area contributed by atoms with Crippen molar-refractivity contribution in [2.45, 2.75) is 161 Å². The van der Waals surface area contributed by atoms with Gasteiger partial charge in [-0.15, -0.1) is 0 Å². The fraction of sp³-hybridized carbons (Fsp3) is 1.00. The summed E-state index contributed by atoms with van der Waals surface area (Å²) < 4.78 is 0. The highest BCUT2D eigenvalue weighted by atomic mass is 16.3. The Morgan fingerprint density at radius 1 is 0.385 bits per heavy atom. The van der Waals surface area contributed by atoms with Crippen LogP contribution >= 0.6 is 0 Å². The van der Waals surface area contributed by atoms with Crippen LogP contribution in [0.15, 0.2) is 0 Å². The largest absolute Gasteiger partial charge is 0.390 e. The van der Waals surface area contributed by atoms with Crippen LogP contribution in [0.25, 0.3) is 0 Å². The number of hydrogen-bond acceptors (Lipinski definition) is 1. The van der Waals surface area contributed by atoms with Crippen LogP contribution in [0.2, 0.25) is 0 Å². The lowest BCUT2D eigenvalue weighted by Crippen LogP contribution is -2.28. The molecule has 0 radical (unpaired) electrons. The fourth-order valence-electron chi connectivity index (χ4n) is 4.06. The number of hydrogen-bond donors (Lipinski definition) is 1. The van der Waals surface area contributed by atoms with Gasteiger partial charge < -0.3 is 5.11 Å². The summed E-state index contributed by atoms with van der Waals surface area (Å²) in [7, 11) is 0. The van der Waals surface area contributed by atoms with Crippen LogP contribution < -0.4 is 0 Å². The second-order valence-corrected chi connectivity index (χ2v) is 8.78. The molecule has 0 atom stereocenters. The third kappa shape index (κ3) is 17.4. The summed E-state index contributed by atoms with van der Waals surface area (Å²) >= 11 is 0. The molecule has 0 unspecified atom stereocenters. The van der Waals surface area contributed by atoms with E-state index in [0.29, 0.717) is 0 Å². The summed E-state index contributed by atoms with van der Waals surface area (Å²) in [5, 5.41) is 11.1. The first kappa shape index (κ1) is 26.0. The number of aliphatic hydroxyl groups is 1. The third-order valence-corrected chi connectivity index (χ3v) is 5.99. The minimum absolute atomic E-state index is 0.361. The van der Waals surface area contributed by atoms with Crippen LogP contribution in [0.1, 0.15) is 156 Å². The van der Waals surface area contributed by atoms with Crippen LogP contribution in [0.4, 0.5) is 0 Å². The van der Waals surface area contributed by atoms with E-state index in [1.807, 2.05) is 0 Å². The summed E-state index contributed by atoms with van der Waals surface area (Å²) in [6, 6.07) is 0. The number of unbranched alkanes of at least 4 members (excludes halogenated alkanes) is 15. The fourth-order valence-corrected chi connectivity index (χ4v) is 4.06. The van der Waals surface area contributed by atoms with E-state index in [9.17, 15) is 5.11 Å². The summed E-state index contributed by atoms with van der Waals surface area (Å²) in [6.07, 6.45) is 27.2. The molecule has 158 valence electrons. The molecule has 0 spiro atoms. The van der Waals surface area contributed by atoms with Gasteiger partial charge in [-0.25, -0.2) is 0 Å². The Hall–Kier alpha value is -0.0400. The van der Waals surface area contributed by atoms with Gasteiger partial charge >= 0.3 is 0 Å². The molecule has 0 aliphatic rings. The standard InChI is InChI=1S/C25H52O/c1-4-7-10-12-14-16-18-20-23-25(26,22-9-6-3)24-21-19-17-15-13-11-8-5-2/h26H,4-24H2,1-3H3. The van der Waals surface area contributed by atoms with Crippen molar-refractivity contribution in [1.29, 1.82) is 0 Å². The summed E-state index contributed by atoms with van der Waals surface area (Å²) in [4.78, 5) is 0. The first-order chi connectivity index (χ1) is 12.7. The van der Waals surface area contributed by atoms with Crippen LogP contribution in [-0.4, -0.2) is 10.7 Å². The smallest absolute Gasteiger partial charge is 0.0647 e. The van der Waals surface area contributed by atoms with E-state index >= 15 is 0 Å². The summed E-state index contributed by atoms with van der Waals surface area (Å²) in [5.74, 6) is 0. The van der Waals surface area contributed by atoms with Crippen molar-refractivity contribution >= 4 is 0 Å². The topological polar surface area (TPSA) is 20.2 Å². The van der Waals surface area contributed by atoms with Gasteiger partial charge in [-0.05, 0) is 19.3 Å². The average molecular weight is 369 g/mol. The molecular formula is C25H52O. The monoisotopic (exact) mass is 368 g/mol. The highest BCUT2D eigenvalue weighted by molar-refractivity contribution is 4.78. The minimum atomic E-state index is -0.361. The molecule has 1 nitrogen and oxygen atoms in total. The molecule has 0 aromatic heterocycles. The van der Waals surface area contributed by atoms with Gasteiger partial charge in [0.15, 0.2) is 0 Å². The maximum absolute atomic E-state index is 11.1. The normalized spacial score (nSPS) is 12.0. The van der Waals surface area contributed by atoms with E-state index < -0.39 is 0 Å². The van der Waals surface area contributed by atoms with Crippen molar-refractivity contribution in [2.24, 2.45) is 0 Å². The third-order valence-electron chi connectivity index (χ3n) is 5.99. The molecule has 0 heterocycles. The molecule has 0 saturated carbocycles. The van der Waals surface area contributed by atoms with Gasteiger partial charge in [0.25, 0.3) is 0 Å². The van der Waals surface area contributed by atoms with E-state index in [1.54, 1.807) is 0 Å². The Morgan fingerprint density at radius 2 is 0.654 bits per heavy atom. The zero-order valence-corrected chi connectivity index (χ0v) is 18.8. The predicted molar refractivity (Wildman–Crippen MR) is 119 cm³/mol. The highest BCUT2D eigenvalue weighted by Gasteiger charge is 2.24. The SMILES string of the molecule is CCCCCCCCCCC(O)(CCCC)CCCCCCCCCC. The van der Waals surface area contributed by atoms with E-state index in [4.69, 9.17) is 0 Å². The first-order valence-corrected chi connectivity index (χ1v) is 12.4. The maximum Gasteiger partial charge on any atom is 0.0647 e. The number of rotatable bonds is 21. The lowest BCUT2D eigenvalue weighted by Gasteiger charge is -2.28. The Labute approximate surface area is 166 Å². The molecule has 0 bridgehead atoms. The van der Waals surface area contributed by atoms with Gasteiger partial charge in [0, 0.05) is 0 Å². The Balaban J connectivity index is 3.78. The predicted octanol–water partition coefficient (Wildman–Crippen LogP) is 8.97. The molecule has 0 aromatic carbocycles. The highest BCUT2D eigenvalue weighted by Crippen LogP contribution is 2.28. The Kier molecular flexibility index (Phi) is 19.7. The Morgan fingerprint density at radius 3 is 1.00 bits per heavy atom. The first-order valence-electron chi connectivity index (χ1n) is 12.4. The van der Waals surface area contributed by atoms with Crippen LogP contribution in [0.5, 0.6) is 0 Å². The second kappa shape index (κ2) is 19.7. The molecular weight excluding hydrogens is 316 g/mol. The van der Waals surface area contributed by atoms with Crippen LogP contribution in [0, 0.1) is 0 Å². The lowest BCUT2D eigenvalue weighted by molar-refractivity contribution is 0.00746. The van der Waals surface area contributed by atoms with E-state index in [-0.39, 0.29) is 5.60 Å². The molecule has 0 aromatic rings. The lowest BCUT2D eigenvalue weighted by atomic mass is 9.85. The summed E-state index contributed by atoms with van der Waals surface area (Å²) in [5.41, 5.74) is -0.361. The molecule has 26 heavy (non-hydrogen) atoms. The maximum atomic E-state index is 11.1. The van der Waals surface area contributed by atoms with E-state index in [1.165, 1.54) is 116 Å². The van der Waals surface area contributed by atoms with Gasteiger partial charge in [0.2, 0.25) is 0 Å². The van der Waals surface area contributed by atoms with Crippen LogP contribution in [-0.2, 0) is 0 Å². The molecule has 0 amide bonds. The van der Waals surface area contributed by atoms with Gasteiger partial charge in [-0.3, -0.25) is 0 Å². The van der Waals surface area contributed by atoms with Gasteiger partial charge in [-0.1, -0.05) is 136 Å². The zero-order valence-electron chi connectivity index (χ0n) is 18.8. The second-order valence-electron chi connectivity index (χ2n) is 8.78. The molecule has 1 N–H and O–H groups in total. The average Bonchev–Trinajstić information content (AvgIpc) is 2.64. The molecule has 0 fully saturated rings. The summed E-state index contributed by atoms with van der Waals surface area (Å²) in [6.45, 7) is 6.81. The molecule has 0 aliphatic heterocycles. The van der Waals surface area contributed by atoms with Crippen molar-refractivity contribution in [3.8, 4) is 0 Å². The molecule has 0 saturated heterocycles. The zero-order chi connectivity index (χ0) is 19.3. The van der Waals surface area contributed by atoms with Gasteiger partial charge in [0.05, 0.1) is 5.60 Å². The van der Waals surface area contributed by atoms with Gasteiger partial charge in [0.1, 0.15) is 0 Å². The Bertz CT molecular complexity index is 241. The van der Waals surface area contributed by atoms with Crippen molar-refractivity contribution in [3.05, 3.63) is 0 Å². The molecule has 1 heteroatoms. The minimum Gasteiger partial charge on any atom is -0.390 e. The van der Waals surface area contributed by atoms with Crippen molar-refractivity contribution in [3.63, 3.8) is 0 Å². The quantitative estimate of drug-likeness (QED) is 0.200. The van der Waals surface area contributed by atoms with Crippen molar-refractivity contribution < 1.29 is 5.11 Å². The van der Waals surface area contributed by atoms with Crippen LogP contribution in [0.3, 0.4) is 0 Å². The van der Waals surface area contributed by atoms with Gasteiger partial charge in [-0.2, -0.15) is 0 Å². The molecule has 0 rings (SSSR count). The van der Waals surface area contributed by atoms with E-state index in [2.05, 4.69) is 20.8 Å². The van der Waals surface area contributed by atoms with Crippen molar-refractivity contribution in [2.75, 3.05) is 0 Å².